The highest BCUT2D eigenvalue weighted by Gasteiger charge is 2.02. The topological polar surface area (TPSA) is 41.6 Å². The van der Waals surface area contributed by atoms with E-state index >= 15 is 0 Å². The second-order valence-electron chi connectivity index (χ2n) is 1.49. The number of aromatic nitrogens is 3. The number of hydrogen-bond donors (Lipinski definition) is 1. The van der Waals surface area contributed by atoms with Gasteiger partial charge in [-0.2, -0.15) is 5.10 Å². The fourth-order valence-electron chi connectivity index (χ4n) is 0.582. The van der Waals surface area contributed by atoms with Gasteiger partial charge in [0.05, 0.1) is 11.8 Å². The van der Waals surface area contributed by atoms with Crippen LogP contribution < -0.4 is 0 Å². The SMILES string of the molecule is c1nnc2[nH]scc1-2. The van der Waals surface area contributed by atoms with Gasteiger partial charge in [-0.15, -0.1) is 5.10 Å². The van der Waals surface area contributed by atoms with Gasteiger partial charge >= 0.3 is 0 Å². The summed E-state index contributed by atoms with van der Waals surface area (Å²) < 4.78 is 2.97. The van der Waals surface area contributed by atoms with Crippen LogP contribution in [0.5, 0.6) is 0 Å². The average Bonchev–Trinajstić information content (AvgIpc) is 2.15. The molecule has 8 heavy (non-hydrogen) atoms. The third kappa shape index (κ3) is 0.376. The Kier molecular flexibility index (Phi) is 0.648. The van der Waals surface area contributed by atoms with E-state index in [0.717, 1.165) is 11.4 Å². The van der Waals surface area contributed by atoms with E-state index in [9.17, 15) is 0 Å². The summed E-state index contributed by atoms with van der Waals surface area (Å²) in [5.74, 6) is 0.884. The minimum absolute atomic E-state index is 0.884. The van der Waals surface area contributed by atoms with Gasteiger partial charge in [-0.05, 0) is 0 Å². The first-order valence-electron chi connectivity index (χ1n) is 2.20. The summed E-state index contributed by atoms with van der Waals surface area (Å²) in [6.07, 6.45) is 1.74. The molecule has 0 saturated heterocycles. The summed E-state index contributed by atoms with van der Waals surface area (Å²) in [4.78, 5) is 0. The molecule has 40 valence electrons. The second kappa shape index (κ2) is 1.29. The van der Waals surface area contributed by atoms with E-state index in [1.54, 1.807) is 6.20 Å². The van der Waals surface area contributed by atoms with Gasteiger partial charge in [0, 0.05) is 5.38 Å². The van der Waals surface area contributed by atoms with Crippen LogP contribution in [0.4, 0.5) is 0 Å². The summed E-state index contributed by atoms with van der Waals surface area (Å²) in [6, 6.07) is 0. The summed E-state index contributed by atoms with van der Waals surface area (Å²) in [7, 11) is 0. The minimum Gasteiger partial charge on any atom is -0.294 e. The third-order valence-electron chi connectivity index (χ3n) is 0.969. The Labute approximate surface area is 49.9 Å². The van der Waals surface area contributed by atoms with Crippen LogP contribution in [0.25, 0.3) is 11.4 Å². The lowest BCUT2D eigenvalue weighted by Gasteiger charge is -1.72. The minimum atomic E-state index is 0.884. The fraction of sp³-hybridized carbons (Fsp3) is 0. The van der Waals surface area contributed by atoms with E-state index in [4.69, 9.17) is 0 Å². The molecule has 0 radical (unpaired) electrons. The van der Waals surface area contributed by atoms with Gasteiger partial charge in [0.1, 0.15) is 0 Å². The lowest BCUT2D eigenvalue weighted by atomic mass is 10.4. The monoisotopic (exact) mass is 125 g/mol. The van der Waals surface area contributed by atoms with Crippen molar-refractivity contribution in [3.63, 3.8) is 0 Å². The van der Waals surface area contributed by atoms with Crippen LogP contribution in [0.2, 0.25) is 0 Å². The Morgan fingerprint density at radius 1 is 1.62 bits per heavy atom. The molecule has 0 fully saturated rings. The molecule has 2 heterocycles. The molecule has 0 saturated carbocycles. The molecule has 2 aliphatic rings. The predicted molar refractivity (Wildman–Crippen MR) is 30.9 cm³/mol. The van der Waals surface area contributed by atoms with E-state index in [2.05, 4.69) is 14.6 Å². The van der Waals surface area contributed by atoms with Crippen LogP contribution in [-0.2, 0) is 0 Å². The van der Waals surface area contributed by atoms with Crippen molar-refractivity contribution in [3.8, 4) is 11.4 Å². The number of hydrogen-bond acceptors (Lipinski definition) is 3. The maximum Gasteiger partial charge on any atom is 0.171 e. The van der Waals surface area contributed by atoms with Crippen molar-refractivity contribution in [1.82, 2.24) is 14.6 Å². The molecule has 0 bridgehead atoms. The molecule has 2 rings (SSSR count). The molecule has 0 aromatic carbocycles. The van der Waals surface area contributed by atoms with Crippen molar-refractivity contribution in [3.05, 3.63) is 11.6 Å². The fourth-order valence-corrected chi connectivity index (χ4v) is 1.21. The third-order valence-corrected chi connectivity index (χ3v) is 1.65. The number of H-pyrrole nitrogens is 1. The maximum absolute atomic E-state index is 3.78. The quantitative estimate of drug-likeness (QED) is 0.570. The van der Waals surface area contributed by atoms with Crippen molar-refractivity contribution < 1.29 is 0 Å². The van der Waals surface area contributed by atoms with E-state index in [1.807, 2.05) is 5.38 Å². The largest absolute Gasteiger partial charge is 0.294 e. The second-order valence-corrected chi connectivity index (χ2v) is 2.16. The normalized spacial score (nSPS) is 10.5. The number of aromatic amines is 1. The molecule has 0 aliphatic carbocycles. The zero-order valence-corrected chi connectivity index (χ0v) is 4.77. The highest BCUT2D eigenvalue weighted by Crippen LogP contribution is 2.17. The number of fused-ring (bicyclic) bond motifs is 1. The van der Waals surface area contributed by atoms with Gasteiger partial charge < -0.3 is 0 Å². The molecule has 0 atom stereocenters. The molecule has 0 aromatic heterocycles. The van der Waals surface area contributed by atoms with Gasteiger partial charge in [-0.25, -0.2) is 0 Å². The Balaban J connectivity index is 2.84. The Morgan fingerprint density at radius 2 is 2.62 bits per heavy atom. The molecule has 1 N–H and O–H groups in total. The molecule has 0 unspecified atom stereocenters. The molecular weight excluding hydrogens is 122 g/mol. The van der Waals surface area contributed by atoms with Crippen LogP contribution in [-0.4, -0.2) is 14.6 Å². The highest BCUT2D eigenvalue weighted by molar-refractivity contribution is 7.04. The molecule has 3 nitrogen and oxygen atoms in total. The highest BCUT2D eigenvalue weighted by atomic mass is 32.1. The van der Waals surface area contributed by atoms with Gasteiger partial charge in [0.15, 0.2) is 5.82 Å². The average molecular weight is 125 g/mol. The van der Waals surface area contributed by atoms with Crippen molar-refractivity contribution in [2.75, 3.05) is 0 Å². The Bertz CT molecular complexity index is 203. The molecular formula is C4H3N3S. The molecule has 0 aromatic rings. The van der Waals surface area contributed by atoms with Crippen molar-refractivity contribution in [2.24, 2.45) is 0 Å². The van der Waals surface area contributed by atoms with Crippen LogP contribution in [0.1, 0.15) is 0 Å². The van der Waals surface area contributed by atoms with E-state index in [-0.39, 0.29) is 0 Å². The molecule has 2 aliphatic heterocycles. The van der Waals surface area contributed by atoms with Gasteiger partial charge in [0.2, 0.25) is 0 Å². The van der Waals surface area contributed by atoms with Crippen LogP contribution >= 0.6 is 11.5 Å². The summed E-state index contributed by atoms with van der Waals surface area (Å²) in [5.41, 5.74) is 1.09. The van der Waals surface area contributed by atoms with Crippen LogP contribution in [0.3, 0.4) is 0 Å². The maximum atomic E-state index is 3.78. The Morgan fingerprint density at radius 3 is 3.50 bits per heavy atom. The lowest BCUT2D eigenvalue weighted by molar-refractivity contribution is 1.08. The van der Waals surface area contributed by atoms with Gasteiger partial charge in [-0.3, -0.25) is 4.37 Å². The first kappa shape index (κ1) is 4.03. The first-order chi connectivity index (χ1) is 3.97. The van der Waals surface area contributed by atoms with E-state index in [0.29, 0.717) is 0 Å². The zero-order chi connectivity index (χ0) is 5.40. The van der Waals surface area contributed by atoms with Gasteiger partial charge in [0.25, 0.3) is 0 Å². The Hall–Kier alpha value is -0.900. The summed E-state index contributed by atoms with van der Waals surface area (Å²) in [5, 5.41) is 9.45. The smallest absolute Gasteiger partial charge is 0.171 e. The predicted octanol–water partition coefficient (Wildman–Crippen LogP) is 0.971. The zero-order valence-electron chi connectivity index (χ0n) is 3.96. The van der Waals surface area contributed by atoms with E-state index in [1.165, 1.54) is 11.5 Å². The molecule has 4 heteroatoms. The summed E-state index contributed by atoms with van der Waals surface area (Å²) >= 11 is 1.53. The van der Waals surface area contributed by atoms with Crippen LogP contribution in [0.15, 0.2) is 11.6 Å². The molecule has 0 amide bonds. The van der Waals surface area contributed by atoms with Crippen LogP contribution in [0, 0.1) is 0 Å². The lowest BCUT2D eigenvalue weighted by Crippen LogP contribution is -1.68. The van der Waals surface area contributed by atoms with Crippen molar-refractivity contribution in [2.45, 2.75) is 0 Å². The van der Waals surface area contributed by atoms with Gasteiger partial charge in [-0.1, -0.05) is 11.5 Å². The summed E-state index contributed by atoms with van der Waals surface area (Å²) in [6.45, 7) is 0. The molecule has 0 spiro atoms. The number of nitrogens with one attached hydrogen (secondary N) is 1. The number of rotatable bonds is 0. The van der Waals surface area contributed by atoms with Crippen molar-refractivity contribution >= 4 is 11.5 Å². The van der Waals surface area contributed by atoms with E-state index < -0.39 is 0 Å². The first-order valence-corrected chi connectivity index (χ1v) is 3.08. The standard InChI is InChI=1S/C4H3N3S/c1-3-2-8-7-4(3)6-5-1/h1-2H,(H,6,7). The number of nitrogens with zero attached hydrogens (tertiary/aromatic N) is 2. The van der Waals surface area contributed by atoms with Crippen molar-refractivity contribution in [1.29, 1.82) is 0 Å².